The van der Waals surface area contributed by atoms with E-state index in [9.17, 15) is 0 Å². The molecule has 2 aromatic rings. The fourth-order valence-corrected chi connectivity index (χ4v) is 1.52. The van der Waals surface area contributed by atoms with Crippen molar-refractivity contribution in [2.24, 2.45) is 0 Å². The van der Waals surface area contributed by atoms with Crippen LogP contribution in [-0.2, 0) is 6.42 Å². The van der Waals surface area contributed by atoms with Crippen molar-refractivity contribution < 1.29 is 0 Å². The normalized spacial score (nSPS) is 10.8. The van der Waals surface area contributed by atoms with Gasteiger partial charge in [0, 0.05) is 29.7 Å². The topological polar surface area (TPSA) is 17.3 Å². The Bertz CT molecular complexity index is 406. The highest BCUT2D eigenvalue weighted by Crippen LogP contribution is 2.17. The summed E-state index contributed by atoms with van der Waals surface area (Å²) in [5, 5.41) is 0.802. The van der Waals surface area contributed by atoms with Crippen molar-refractivity contribution >= 4 is 17.2 Å². The number of hydrogen-bond acceptors (Lipinski definition) is 1. The summed E-state index contributed by atoms with van der Waals surface area (Å²) in [7, 11) is 0. The highest BCUT2D eigenvalue weighted by atomic mass is 35.5. The number of pyridine rings is 1. The van der Waals surface area contributed by atoms with Gasteiger partial charge >= 0.3 is 0 Å². The van der Waals surface area contributed by atoms with E-state index in [1.165, 1.54) is 0 Å². The molecule has 0 amide bonds. The SMILES string of the molecule is CCc1cn2ccnc2cc1Cl. The lowest BCUT2D eigenvalue weighted by atomic mass is 10.2. The molecule has 2 aromatic heterocycles. The fraction of sp³-hybridized carbons (Fsp3) is 0.222. The Hall–Kier alpha value is -1.02. The maximum atomic E-state index is 6.01. The van der Waals surface area contributed by atoms with E-state index in [4.69, 9.17) is 11.6 Å². The first kappa shape index (κ1) is 7.62. The molecule has 0 aliphatic heterocycles. The molecule has 0 radical (unpaired) electrons. The van der Waals surface area contributed by atoms with Crippen LogP contribution in [0.15, 0.2) is 24.7 Å². The lowest BCUT2D eigenvalue weighted by molar-refractivity contribution is 1.07. The summed E-state index contributed by atoms with van der Waals surface area (Å²) in [5.41, 5.74) is 2.05. The highest BCUT2D eigenvalue weighted by molar-refractivity contribution is 6.31. The molecule has 3 heteroatoms. The molecule has 0 saturated carbocycles. The zero-order chi connectivity index (χ0) is 8.55. The molecule has 0 unspecified atom stereocenters. The second kappa shape index (κ2) is 2.79. The van der Waals surface area contributed by atoms with Crippen LogP contribution in [0.5, 0.6) is 0 Å². The average Bonchev–Trinajstić information content (AvgIpc) is 2.49. The summed E-state index contributed by atoms with van der Waals surface area (Å²) < 4.78 is 1.98. The van der Waals surface area contributed by atoms with Crippen LogP contribution in [0.1, 0.15) is 12.5 Å². The van der Waals surface area contributed by atoms with Crippen molar-refractivity contribution in [1.82, 2.24) is 9.38 Å². The molecule has 0 spiro atoms. The standard InChI is InChI=1S/C9H9ClN2/c1-2-7-6-12-4-3-11-9(12)5-8(7)10/h3-6H,2H2,1H3. The molecule has 2 heterocycles. The molecule has 0 aliphatic rings. The minimum atomic E-state index is 0.802. The molecule has 12 heavy (non-hydrogen) atoms. The smallest absolute Gasteiger partial charge is 0.138 e. The molecule has 62 valence electrons. The van der Waals surface area contributed by atoms with Gasteiger partial charge in [0.2, 0.25) is 0 Å². The molecule has 0 atom stereocenters. The van der Waals surface area contributed by atoms with Crippen LogP contribution in [-0.4, -0.2) is 9.38 Å². The van der Waals surface area contributed by atoms with Crippen molar-refractivity contribution in [1.29, 1.82) is 0 Å². The van der Waals surface area contributed by atoms with E-state index in [2.05, 4.69) is 11.9 Å². The first-order chi connectivity index (χ1) is 5.81. The van der Waals surface area contributed by atoms with Gasteiger partial charge in [-0.15, -0.1) is 0 Å². The Morgan fingerprint density at radius 2 is 2.42 bits per heavy atom. The summed E-state index contributed by atoms with van der Waals surface area (Å²) >= 11 is 6.01. The quantitative estimate of drug-likeness (QED) is 0.660. The summed E-state index contributed by atoms with van der Waals surface area (Å²) in [4.78, 5) is 4.13. The van der Waals surface area contributed by atoms with Gasteiger partial charge in [0.15, 0.2) is 0 Å². The molecule has 0 aliphatic carbocycles. The Morgan fingerprint density at radius 3 is 3.17 bits per heavy atom. The number of fused-ring (bicyclic) bond motifs is 1. The number of aryl methyl sites for hydroxylation is 1. The van der Waals surface area contributed by atoms with Crippen LogP contribution in [0.25, 0.3) is 5.65 Å². The zero-order valence-electron chi connectivity index (χ0n) is 6.79. The van der Waals surface area contributed by atoms with E-state index in [-0.39, 0.29) is 0 Å². The van der Waals surface area contributed by atoms with Gasteiger partial charge in [-0.2, -0.15) is 0 Å². The Kier molecular flexibility index (Phi) is 1.77. The first-order valence-corrected chi connectivity index (χ1v) is 4.30. The van der Waals surface area contributed by atoms with Gasteiger partial charge in [-0.3, -0.25) is 0 Å². The van der Waals surface area contributed by atoms with Gasteiger partial charge in [-0.25, -0.2) is 4.98 Å². The van der Waals surface area contributed by atoms with Crippen LogP contribution < -0.4 is 0 Å². The van der Waals surface area contributed by atoms with Crippen LogP contribution in [0.4, 0.5) is 0 Å². The average molecular weight is 181 g/mol. The summed E-state index contributed by atoms with van der Waals surface area (Å²) in [5.74, 6) is 0. The van der Waals surface area contributed by atoms with Crippen molar-refractivity contribution in [2.75, 3.05) is 0 Å². The molecule has 0 N–H and O–H groups in total. The van der Waals surface area contributed by atoms with Gasteiger partial charge in [0.05, 0.1) is 0 Å². The lowest BCUT2D eigenvalue weighted by Gasteiger charge is -2.01. The van der Waals surface area contributed by atoms with Crippen molar-refractivity contribution in [3.05, 3.63) is 35.2 Å². The molecule has 2 rings (SSSR count). The second-order valence-electron chi connectivity index (χ2n) is 2.69. The summed E-state index contributed by atoms with van der Waals surface area (Å²) in [6, 6.07) is 1.89. The second-order valence-corrected chi connectivity index (χ2v) is 3.10. The van der Waals surface area contributed by atoms with Crippen molar-refractivity contribution in [3.8, 4) is 0 Å². The first-order valence-electron chi connectivity index (χ1n) is 3.92. The molecule has 0 saturated heterocycles. The number of halogens is 1. The Morgan fingerprint density at radius 1 is 1.58 bits per heavy atom. The largest absolute Gasteiger partial charge is 0.307 e. The minimum absolute atomic E-state index is 0.802. The summed E-state index contributed by atoms with van der Waals surface area (Å²) in [6.45, 7) is 2.09. The number of rotatable bonds is 1. The van der Waals surface area contributed by atoms with E-state index in [1.807, 2.05) is 22.9 Å². The molecule has 0 aromatic carbocycles. The van der Waals surface area contributed by atoms with E-state index in [1.54, 1.807) is 6.20 Å². The third kappa shape index (κ3) is 1.08. The zero-order valence-corrected chi connectivity index (χ0v) is 7.54. The number of nitrogens with zero attached hydrogens (tertiary/aromatic N) is 2. The van der Waals surface area contributed by atoms with Crippen LogP contribution in [0.3, 0.4) is 0 Å². The van der Waals surface area contributed by atoms with Gasteiger partial charge in [0.25, 0.3) is 0 Å². The van der Waals surface area contributed by atoms with Gasteiger partial charge < -0.3 is 4.40 Å². The third-order valence-corrected chi connectivity index (χ3v) is 2.29. The fourth-order valence-electron chi connectivity index (χ4n) is 1.24. The van der Waals surface area contributed by atoms with Crippen LogP contribution >= 0.6 is 11.6 Å². The van der Waals surface area contributed by atoms with Crippen LogP contribution in [0, 0.1) is 0 Å². The maximum absolute atomic E-state index is 6.01. The van der Waals surface area contributed by atoms with Crippen molar-refractivity contribution in [2.45, 2.75) is 13.3 Å². The minimum Gasteiger partial charge on any atom is -0.307 e. The van der Waals surface area contributed by atoms with Gasteiger partial charge in [0.1, 0.15) is 5.65 Å². The van der Waals surface area contributed by atoms with Gasteiger partial charge in [-0.1, -0.05) is 18.5 Å². The van der Waals surface area contributed by atoms with E-state index >= 15 is 0 Å². The number of imidazole rings is 1. The molecule has 0 bridgehead atoms. The van der Waals surface area contributed by atoms with E-state index in [0.717, 1.165) is 22.7 Å². The molecular formula is C9H9ClN2. The van der Waals surface area contributed by atoms with E-state index < -0.39 is 0 Å². The van der Waals surface area contributed by atoms with Crippen LogP contribution in [0.2, 0.25) is 5.02 Å². The van der Waals surface area contributed by atoms with Gasteiger partial charge in [-0.05, 0) is 12.0 Å². The Balaban J connectivity index is 2.73. The maximum Gasteiger partial charge on any atom is 0.138 e. The van der Waals surface area contributed by atoms with E-state index in [0.29, 0.717) is 0 Å². The third-order valence-electron chi connectivity index (χ3n) is 1.94. The predicted molar refractivity (Wildman–Crippen MR) is 49.6 cm³/mol. The number of hydrogen-bond donors (Lipinski definition) is 0. The van der Waals surface area contributed by atoms with Crippen molar-refractivity contribution in [3.63, 3.8) is 0 Å². The summed E-state index contributed by atoms with van der Waals surface area (Å²) in [6.07, 6.45) is 6.66. The lowest BCUT2D eigenvalue weighted by Crippen LogP contribution is -1.89. The molecule has 2 nitrogen and oxygen atoms in total. The molecule has 0 fully saturated rings. The highest BCUT2D eigenvalue weighted by Gasteiger charge is 2.00. The number of aromatic nitrogens is 2. The Labute approximate surface area is 75.8 Å². The predicted octanol–water partition coefficient (Wildman–Crippen LogP) is 2.55. The monoisotopic (exact) mass is 180 g/mol. The molecular weight excluding hydrogens is 172 g/mol.